The molecule has 0 unspecified atom stereocenters. The van der Waals surface area contributed by atoms with Crippen LogP contribution in [0.2, 0.25) is 0 Å². The molecule has 44 heavy (non-hydrogen) atoms. The summed E-state index contributed by atoms with van der Waals surface area (Å²) in [4.78, 5) is 16.6. The van der Waals surface area contributed by atoms with Crippen molar-refractivity contribution in [2.45, 2.75) is 13.0 Å². The molecule has 6 nitrogen and oxygen atoms in total. The zero-order chi connectivity index (χ0) is 30.0. The van der Waals surface area contributed by atoms with Crippen LogP contribution in [0.25, 0.3) is 34.1 Å². The number of ether oxygens (including phenoxy) is 2. The van der Waals surface area contributed by atoms with Crippen molar-refractivity contribution < 1.29 is 28.9 Å². The number of pyridine rings is 2. The van der Waals surface area contributed by atoms with Gasteiger partial charge in [-0.3, -0.25) is 0 Å². The van der Waals surface area contributed by atoms with E-state index in [4.69, 9.17) is 9.47 Å². The molecule has 0 spiro atoms. The van der Waals surface area contributed by atoms with Gasteiger partial charge in [-0.25, -0.2) is 14.3 Å². The van der Waals surface area contributed by atoms with Crippen molar-refractivity contribution in [2.75, 3.05) is 6.61 Å². The van der Waals surface area contributed by atoms with Gasteiger partial charge in [-0.05, 0) is 51.6 Å². The Balaban J connectivity index is 1.17. The normalized spacial score (nSPS) is 11.9. The van der Waals surface area contributed by atoms with Gasteiger partial charge < -0.3 is 14.6 Å². The summed E-state index contributed by atoms with van der Waals surface area (Å²) < 4.78 is 14.3. The Morgan fingerprint density at radius 3 is 2.50 bits per heavy atom. The first-order valence-corrected chi connectivity index (χ1v) is 14.6. The highest BCUT2D eigenvalue weighted by molar-refractivity contribution is 6.04. The third-order valence-electron chi connectivity index (χ3n) is 7.93. The van der Waals surface area contributed by atoms with E-state index >= 15 is 0 Å². The smallest absolute Gasteiger partial charge is 0.338 e. The minimum Gasteiger partial charge on any atom is -0.507 e. The number of benzene rings is 4. The summed E-state index contributed by atoms with van der Waals surface area (Å²) in [5, 5.41) is 13.9. The van der Waals surface area contributed by atoms with Gasteiger partial charge in [0.15, 0.2) is 31.3 Å². The number of fused-ring (bicyclic) bond motifs is 4. The van der Waals surface area contributed by atoms with Crippen molar-refractivity contribution >= 4 is 28.9 Å². The van der Waals surface area contributed by atoms with Gasteiger partial charge in [0, 0.05) is 47.0 Å². The lowest BCUT2D eigenvalue weighted by molar-refractivity contribution is -0.697. The van der Waals surface area contributed by atoms with Crippen LogP contribution >= 0.6 is 0 Å². The van der Waals surface area contributed by atoms with E-state index < -0.39 is 0 Å². The first-order valence-electron chi connectivity index (χ1n) is 14.6. The molecule has 3 heterocycles. The molecule has 4 aromatic carbocycles. The van der Waals surface area contributed by atoms with Crippen LogP contribution in [-0.2, 0) is 11.3 Å². The van der Waals surface area contributed by atoms with E-state index in [-0.39, 0.29) is 18.3 Å². The molecule has 7 rings (SSSR count). The molecule has 1 aliphatic rings. The molecule has 0 fully saturated rings. The topological polar surface area (TPSA) is 73.8 Å². The average Bonchev–Trinajstić information content (AvgIpc) is 3.06. The lowest BCUT2D eigenvalue weighted by Gasteiger charge is -2.24. The number of aromatic amines is 1. The predicted molar refractivity (Wildman–Crippen MR) is 168 cm³/mol. The van der Waals surface area contributed by atoms with Gasteiger partial charge in [0.2, 0.25) is 0 Å². The first-order chi connectivity index (χ1) is 21.6. The second kappa shape index (κ2) is 11.5. The van der Waals surface area contributed by atoms with Gasteiger partial charge in [-0.2, -0.15) is 0 Å². The maximum absolute atomic E-state index is 13.5. The molecule has 6 aromatic rings. The number of carbonyl (C=O) groups excluding carboxylic acids is 1. The van der Waals surface area contributed by atoms with E-state index in [0.29, 0.717) is 28.9 Å². The summed E-state index contributed by atoms with van der Waals surface area (Å²) in [5.74, 6) is 0.909. The van der Waals surface area contributed by atoms with Gasteiger partial charge in [-0.1, -0.05) is 55.1 Å². The molecule has 6 heteroatoms. The van der Waals surface area contributed by atoms with Gasteiger partial charge in [0.25, 0.3) is 0 Å². The summed E-state index contributed by atoms with van der Waals surface area (Å²) in [6.07, 6.45) is 8.57. The molecular formula is C38H30N2O4+2. The molecule has 0 atom stereocenters. The lowest BCUT2D eigenvalue weighted by Crippen LogP contribution is -2.33. The van der Waals surface area contributed by atoms with E-state index in [1.165, 1.54) is 0 Å². The number of nitrogens with one attached hydrogen (secondary N) is 1. The Morgan fingerprint density at radius 1 is 0.864 bits per heavy atom. The number of esters is 1. The molecule has 0 saturated heterocycles. The van der Waals surface area contributed by atoms with Gasteiger partial charge in [0.1, 0.15) is 17.2 Å². The zero-order valence-corrected chi connectivity index (χ0v) is 24.0. The summed E-state index contributed by atoms with van der Waals surface area (Å²) in [6, 6.07) is 30.8. The fraction of sp³-hybridized carbons (Fsp3) is 0.0789. The SMILES string of the molecule is C=c1ccc2c(c1)Oc1c(ccc3cccc(O)c13)C=2c1ccccc1C(=O)OCCC[n+]1ccc(-c2cc[nH+]cc2)cc1. The number of phenols is 1. The van der Waals surface area contributed by atoms with E-state index in [0.717, 1.165) is 50.2 Å². The maximum Gasteiger partial charge on any atom is 0.338 e. The summed E-state index contributed by atoms with van der Waals surface area (Å²) in [7, 11) is 0. The highest BCUT2D eigenvalue weighted by Gasteiger charge is 2.26. The van der Waals surface area contributed by atoms with Gasteiger partial charge in [0.05, 0.1) is 17.6 Å². The van der Waals surface area contributed by atoms with Crippen LogP contribution < -0.4 is 24.7 Å². The Bertz CT molecular complexity index is 2140. The number of hydrogen-bond donors (Lipinski definition) is 1. The Kier molecular flexibility index (Phi) is 7.08. The first kappa shape index (κ1) is 27.1. The standard InChI is InChI=1S/C38H28N2O4/c1-25-10-12-31-34(24-25)44-37-32(13-11-28-6-4-9-33(41)35(28)37)36(31)29-7-2-3-8-30(29)38(42)43-23-5-20-40-21-16-27(17-22-40)26-14-18-39-19-15-26/h2-4,6-19,21-22,24H,1,5,20,23H2/p+2. The van der Waals surface area contributed by atoms with Crippen LogP contribution in [0.15, 0.2) is 122 Å². The van der Waals surface area contributed by atoms with Crippen molar-refractivity contribution in [3.8, 4) is 28.4 Å². The fourth-order valence-electron chi connectivity index (χ4n) is 5.78. The second-order valence-electron chi connectivity index (χ2n) is 10.8. The van der Waals surface area contributed by atoms with E-state index in [2.05, 4.69) is 28.3 Å². The molecule has 2 N–H and O–H groups in total. The van der Waals surface area contributed by atoms with Crippen molar-refractivity contribution in [1.82, 2.24) is 0 Å². The number of phenolic OH excluding ortho intramolecular Hbond substituents is 1. The van der Waals surface area contributed by atoms with Crippen LogP contribution in [0, 0.1) is 0 Å². The molecule has 0 amide bonds. The molecule has 0 radical (unpaired) electrons. The molecule has 1 aliphatic heterocycles. The van der Waals surface area contributed by atoms with E-state index in [1.54, 1.807) is 12.1 Å². The van der Waals surface area contributed by atoms with Crippen molar-refractivity contribution in [1.29, 1.82) is 0 Å². The highest BCUT2D eigenvalue weighted by atomic mass is 16.5. The molecule has 214 valence electrons. The van der Waals surface area contributed by atoms with Crippen LogP contribution in [0.1, 0.15) is 27.9 Å². The summed E-state index contributed by atoms with van der Waals surface area (Å²) in [5.41, 5.74) is 5.12. The van der Waals surface area contributed by atoms with Crippen LogP contribution in [0.4, 0.5) is 0 Å². The molecular weight excluding hydrogens is 548 g/mol. The third kappa shape index (κ3) is 5.07. The van der Waals surface area contributed by atoms with Crippen LogP contribution in [-0.4, -0.2) is 17.7 Å². The monoisotopic (exact) mass is 578 g/mol. The predicted octanol–water partition coefficient (Wildman–Crippen LogP) is 5.32. The minimum absolute atomic E-state index is 0.131. The minimum atomic E-state index is -0.388. The summed E-state index contributed by atoms with van der Waals surface area (Å²) >= 11 is 0. The Morgan fingerprint density at radius 2 is 1.66 bits per heavy atom. The van der Waals surface area contributed by atoms with Crippen molar-refractivity contribution in [2.24, 2.45) is 0 Å². The number of rotatable bonds is 7. The quantitative estimate of drug-likeness (QED) is 0.158. The Hall–Kier alpha value is -5.75. The Labute approximate surface area is 254 Å². The number of carbonyl (C=O) groups is 1. The lowest BCUT2D eigenvalue weighted by atomic mass is 9.88. The number of hydrogen-bond acceptors (Lipinski definition) is 4. The molecule has 0 saturated carbocycles. The molecule has 0 bridgehead atoms. The maximum atomic E-state index is 13.5. The van der Waals surface area contributed by atoms with Crippen molar-refractivity contribution in [3.05, 3.63) is 149 Å². The highest BCUT2D eigenvalue weighted by Crippen LogP contribution is 2.44. The number of aryl methyl sites for hydroxylation is 1. The number of H-pyrrole nitrogens is 1. The fourth-order valence-corrected chi connectivity index (χ4v) is 5.78. The van der Waals surface area contributed by atoms with Crippen LogP contribution in [0.5, 0.6) is 17.2 Å². The average molecular weight is 579 g/mol. The summed E-state index contributed by atoms with van der Waals surface area (Å²) in [6.45, 7) is 5.08. The molecule has 2 aromatic heterocycles. The third-order valence-corrected chi connectivity index (χ3v) is 7.93. The van der Waals surface area contributed by atoms with Gasteiger partial charge in [-0.15, -0.1) is 0 Å². The largest absolute Gasteiger partial charge is 0.507 e. The van der Waals surface area contributed by atoms with E-state index in [1.807, 2.05) is 97.6 Å². The number of aromatic hydroxyl groups is 1. The van der Waals surface area contributed by atoms with E-state index in [9.17, 15) is 9.90 Å². The number of aromatic nitrogens is 2. The number of nitrogens with zero attached hydrogens (tertiary/aromatic N) is 1. The zero-order valence-electron chi connectivity index (χ0n) is 24.0. The molecule has 0 aliphatic carbocycles. The van der Waals surface area contributed by atoms with Crippen molar-refractivity contribution in [3.63, 3.8) is 0 Å². The second-order valence-corrected chi connectivity index (χ2v) is 10.8. The van der Waals surface area contributed by atoms with Crippen LogP contribution in [0.3, 0.4) is 0 Å². The van der Waals surface area contributed by atoms with Gasteiger partial charge >= 0.3 is 5.97 Å².